The first-order valence-corrected chi connectivity index (χ1v) is 8.55. The highest BCUT2D eigenvalue weighted by molar-refractivity contribution is 5.87. The first-order chi connectivity index (χ1) is 12.7. The predicted octanol–water partition coefficient (Wildman–Crippen LogP) is 0.507. The third kappa shape index (κ3) is 3.22. The number of esters is 1. The van der Waals surface area contributed by atoms with Crippen molar-refractivity contribution in [3.05, 3.63) is 25.2 Å². The van der Waals surface area contributed by atoms with Crippen LogP contribution >= 0.6 is 0 Å². The number of anilines is 1. The van der Waals surface area contributed by atoms with Crippen molar-refractivity contribution in [1.82, 2.24) is 34.5 Å². The summed E-state index contributed by atoms with van der Waals surface area (Å²) in [6.07, 6.45) is 8.78. The zero-order valence-electron chi connectivity index (χ0n) is 14.5. The van der Waals surface area contributed by atoms with E-state index >= 15 is 0 Å². The van der Waals surface area contributed by atoms with E-state index in [-0.39, 0.29) is 12.5 Å². The second kappa shape index (κ2) is 7.06. The number of piperidine rings is 1. The Morgan fingerprint density at radius 2 is 2.23 bits per heavy atom. The number of nitrogens with zero attached hydrogens (tertiary/aromatic N) is 8. The lowest BCUT2D eigenvalue weighted by Gasteiger charge is -2.33. The average molecular weight is 356 g/mol. The summed E-state index contributed by atoms with van der Waals surface area (Å²) >= 11 is 0. The molecule has 3 aromatic rings. The molecule has 0 saturated carbocycles. The fourth-order valence-corrected chi connectivity index (χ4v) is 3.43. The Morgan fingerprint density at radius 3 is 3.04 bits per heavy atom. The Bertz CT molecular complexity index is 891. The zero-order chi connectivity index (χ0) is 17.9. The molecule has 0 N–H and O–H groups in total. The Balaban J connectivity index is 1.56. The molecule has 0 bridgehead atoms. The van der Waals surface area contributed by atoms with E-state index in [1.807, 2.05) is 4.68 Å². The summed E-state index contributed by atoms with van der Waals surface area (Å²) < 4.78 is 8.13. The van der Waals surface area contributed by atoms with Crippen LogP contribution in [0, 0.1) is 5.92 Å². The second-order valence-electron chi connectivity index (χ2n) is 6.38. The molecule has 0 aliphatic carbocycles. The van der Waals surface area contributed by atoms with E-state index in [0.29, 0.717) is 11.6 Å². The van der Waals surface area contributed by atoms with Crippen molar-refractivity contribution in [2.45, 2.75) is 25.9 Å². The first kappa shape index (κ1) is 16.4. The van der Waals surface area contributed by atoms with Crippen molar-refractivity contribution in [1.29, 1.82) is 0 Å². The fraction of sp³-hybridized carbons (Fsp3) is 0.500. The third-order valence-corrected chi connectivity index (χ3v) is 4.65. The molecule has 1 aliphatic rings. The minimum absolute atomic E-state index is 0.0331. The summed E-state index contributed by atoms with van der Waals surface area (Å²) in [6.45, 7) is 2.69. The van der Waals surface area contributed by atoms with Crippen LogP contribution in [0.15, 0.2) is 25.2 Å². The highest BCUT2D eigenvalue weighted by Crippen LogP contribution is 2.27. The molecular weight excluding hydrogens is 336 g/mol. The van der Waals surface area contributed by atoms with Crippen LogP contribution in [0.4, 0.5) is 5.82 Å². The zero-order valence-corrected chi connectivity index (χ0v) is 14.5. The van der Waals surface area contributed by atoms with Crippen molar-refractivity contribution in [2.24, 2.45) is 5.92 Å². The maximum Gasteiger partial charge on any atom is 0.327 e. The van der Waals surface area contributed by atoms with Crippen LogP contribution < -0.4 is 4.90 Å². The number of hydrogen-bond acceptors (Lipinski definition) is 8. The van der Waals surface area contributed by atoms with Gasteiger partial charge >= 0.3 is 5.97 Å². The molecule has 0 aromatic carbocycles. The lowest BCUT2D eigenvalue weighted by molar-refractivity contribution is -0.141. The van der Waals surface area contributed by atoms with Gasteiger partial charge in [0.15, 0.2) is 5.65 Å². The number of carbonyl (C=O) groups excluding carboxylic acids is 1. The molecule has 1 saturated heterocycles. The third-order valence-electron chi connectivity index (χ3n) is 4.65. The predicted molar refractivity (Wildman–Crippen MR) is 92.3 cm³/mol. The van der Waals surface area contributed by atoms with Crippen LogP contribution in [0.5, 0.6) is 0 Å². The van der Waals surface area contributed by atoms with Crippen molar-refractivity contribution in [3.8, 4) is 0 Å². The molecule has 3 aromatic heterocycles. The van der Waals surface area contributed by atoms with E-state index < -0.39 is 0 Å². The number of ether oxygens (including phenoxy) is 1. The molecule has 1 aliphatic heterocycles. The minimum atomic E-state index is -0.360. The molecule has 1 atom stereocenters. The fourth-order valence-electron chi connectivity index (χ4n) is 3.43. The summed E-state index contributed by atoms with van der Waals surface area (Å²) in [7, 11) is 1.36. The van der Waals surface area contributed by atoms with Crippen molar-refractivity contribution >= 4 is 22.8 Å². The molecule has 0 radical (unpaired) electrons. The van der Waals surface area contributed by atoms with Crippen molar-refractivity contribution in [2.75, 3.05) is 25.1 Å². The summed E-state index contributed by atoms with van der Waals surface area (Å²) in [5, 5.41) is 9.33. The van der Waals surface area contributed by atoms with Crippen LogP contribution in [0.1, 0.15) is 12.8 Å². The number of fused-ring (bicyclic) bond motifs is 1. The normalized spacial score (nSPS) is 17.6. The van der Waals surface area contributed by atoms with Gasteiger partial charge in [0, 0.05) is 19.6 Å². The van der Waals surface area contributed by atoms with E-state index in [4.69, 9.17) is 4.74 Å². The molecule has 1 fully saturated rings. The molecule has 1 unspecified atom stereocenters. The smallest absolute Gasteiger partial charge is 0.327 e. The van der Waals surface area contributed by atoms with Gasteiger partial charge in [-0.3, -0.25) is 9.48 Å². The van der Waals surface area contributed by atoms with Crippen LogP contribution in [0.2, 0.25) is 0 Å². The Hall–Kier alpha value is -3.04. The highest BCUT2D eigenvalue weighted by atomic mass is 16.5. The van der Waals surface area contributed by atoms with Gasteiger partial charge in [-0.05, 0) is 18.8 Å². The first-order valence-electron chi connectivity index (χ1n) is 8.55. The number of aromatic nitrogens is 7. The van der Waals surface area contributed by atoms with Gasteiger partial charge in [0.1, 0.15) is 31.3 Å². The van der Waals surface area contributed by atoms with E-state index in [1.54, 1.807) is 23.5 Å². The molecule has 0 amide bonds. The number of hydrogen-bond donors (Lipinski definition) is 0. The Kier molecular flexibility index (Phi) is 4.46. The Labute approximate surface area is 149 Å². The summed E-state index contributed by atoms with van der Waals surface area (Å²) in [5.41, 5.74) is 0.638. The molecule has 10 heteroatoms. The van der Waals surface area contributed by atoms with Gasteiger partial charge in [-0.25, -0.2) is 19.6 Å². The van der Waals surface area contributed by atoms with Crippen LogP contribution in [0.25, 0.3) is 11.0 Å². The highest BCUT2D eigenvalue weighted by Gasteiger charge is 2.24. The summed E-state index contributed by atoms with van der Waals surface area (Å²) in [6, 6.07) is 0. The lowest BCUT2D eigenvalue weighted by atomic mass is 9.98. The average Bonchev–Trinajstić information content (AvgIpc) is 3.32. The van der Waals surface area contributed by atoms with Gasteiger partial charge < -0.3 is 9.64 Å². The van der Waals surface area contributed by atoms with E-state index in [9.17, 15) is 4.79 Å². The number of rotatable bonds is 5. The molecule has 136 valence electrons. The summed E-state index contributed by atoms with van der Waals surface area (Å²) in [5.74, 6) is 0.969. The number of carbonyl (C=O) groups is 1. The van der Waals surface area contributed by atoms with Gasteiger partial charge in [-0.1, -0.05) is 0 Å². The quantitative estimate of drug-likeness (QED) is 0.609. The van der Waals surface area contributed by atoms with Crippen molar-refractivity contribution in [3.63, 3.8) is 0 Å². The molecular formula is C16H20N8O2. The van der Waals surface area contributed by atoms with Gasteiger partial charge in [0.2, 0.25) is 0 Å². The maximum atomic E-state index is 11.6. The topological polar surface area (TPSA) is 104 Å². The monoisotopic (exact) mass is 356 g/mol. The van der Waals surface area contributed by atoms with Gasteiger partial charge in [0.25, 0.3) is 0 Å². The maximum absolute atomic E-state index is 11.6. The minimum Gasteiger partial charge on any atom is -0.468 e. The van der Waals surface area contributed by atoms with E-state index in [2.05, 4.69) is 30.0 Å². The van der Waals surface area contributed by atoms with Crippen LogP contribution in [-0.4, -0.2) is 60.7 Å². The Morgan fingerprint density at radius 1 is 1.31 bits per heavy atom. The van der Waals surface area contributed by atoms with E-state index in [1.165, 1.54) is 13.4 Å². The van der Waals surface area contributed by atoms with Crippen LogP contribution in [-0.2, 0) is 22.6 Å². The molecule has 0 spiro atoms. The van der Waals surface area contributed by atoms with Gasteiger partial charge in [-0.2, -0.15) is 10.2 Å². The van der Waals surface area contributed by atoms with E-state index in [0.717, 1.165) is 43.7 Å². The SMILES string of the molecule is COC(=O)Cn1ncc2c(N3CCCC(Cn4cncn4)C3)ncnc21. The molecule has 10 nitrogen and oxygen atoms in total. The largest absolute Gasteiger partial charge is 0.468 e. The van der Waals surface area contributed by atoms with Crippen molar-refractivity contribution < 1.29 is 9.53 Å². The summed E-state index contributed by atoms with van der Waals surface area (Å²) in [4.78, 5) is 26.6. The lowest BCUT2D eigenvalue weighted by Crippen LogP contribution is -2.37. The molecule has 4 rings (SSSR count). The van der Waals surface area contributed by atoms with Gasteiger partial charge in [0.05, 0.1) is 18.7 Å². The molecule has 4 heterocycles. The van der Waals surface area contributed by atoms with Crippen LogP contribution in [0.3, 0.4) is 0 Å². The standard InChI is InChI=1S/C16H20N8O2/c1-26-14(25)8-24-16-13(5-20-24)15(18-10-19-16)22-4-2-3-12(6-22)7-23-11-17-9-21-23/h5,9-12H,2-4,6-8H2,1H3. The van der Waals surface area contributed by atoms with Gasteiger partial charge in [-0.15, -0.1) is 0 Å². The molecule has 26 heavy (non-hydrogen) atoms. The second-order valence-corrected chi connectivity index (χ2v) is 6.38. The number of methoxy groups -OCH3 is 1.